The lowest BCUT2D eigenvalue weighted by molar-refractivity contribution is 0.355. The third-order valence-corrected chi connectivity index (χ3v) is 3.92. The van der Waals surface area contributed by atoms with Crippen LogP contribution in [0.15, 0.2) is 30.6 Å². The van der Waals surface area contributed by atoms with Gasteiger partial charge in [-0.25, -0.2) is 0 Å². The largest absolute Gasteiger partial charge is 0.381 e. The number of nitrogens with one attached hydrogen (secondary N) is 1. The van der Waals surface area contributed by atoms with E-state index in [0.29, 0.717) is 0 Å². The first-order chi connectivity index (χ1) is 9.52. The number of benzene rings is 1. The molecule has 1 aliphatic carbocycles. The summed E-state index contributed by atoms with van der Waals surface area (Å²) in [7, 11) is 0. The lowest BCUT2D eigenvalue weighted by atomic mass is 10.1. The fourth-order valence-electron chi connectivity index (χ4n) is 2.70. The molecule has 20 heavy (non-hydrogen) atoms. The molecule has 0 saturated heterocycles. The Kier molecular flexibility index (Phi) is 3.28. The average Bonchev–Trinajstić information content (AvgIpc) is 3.04. The third kappa shape index (κ3) is 2.72. The fourth-order valence-corrected chi connectivity index (χ4v) is 2.70. The first-order valence-corrected chi connectivity index (χ1v) is 7.42. The van der Waals surface area contributed by atoms with Crippen LogP contribution in [0.5, 0.6) is 0 Å². The summed E-state index contributed by atoms with van der Waals surface area (Å²) in [4.78, 5) is 0. The van der Waals surface area contributed by atoms with E-state index in [1.165, 1.54) is 41.6 Å². The van der Waals surface area contributed by atoms with E-state index >= 15 is 0 Å². The normalized spacial score (nSPS) is 14.3. The second-order valence-corrected chi connectivity index (χ2v) is 6.65. The van der Waals surface area contributed by atoms with Crippen molar-refractivity contribution < 1.29 is 0 Å². The molecule has 1 aliphatic rings. The number of nitrogens with zero attached hydrogens (tertiary/aromatic N) is 2. The van der Waals surface area contributed by atoms with Crippen molar-refractivity contribution in [3.63, 3.8) is 0 Å². The Hall–Kier alpha value is -1.77. The third-order valence-electron chi connectivity index (χ3n) is 3.92. The zero-order valence-corrected chi connectivity index (χ0v) is 12.6. The highest BCUT2D eigenvalue weighted by Crippen LogP contribution is 2.25. The van der Waals surface area contributed by atoms with Gasteiger partial charge in [-0.2, -0.15) is 5.10 Å². The quantitative estimate of drug-likeness (QED) is 0.920. The first kappa shape index (κ1) is 13.2. The highest BCUT2D eigenvalue weighted by atomic mass is 15.3. The van der Waals surface area contributed by atoms with Crippen LogP contribution in [-0.2, 0) is 24.9 Å². The van der Waals surface area contributed by atoms with E-state index in [1.807, 2.05) is 10.9 Å². The van der Waals surface area contributed by atoms with Gasteiger partial charge in [0.15, 0.2) is 0 Å². The molecule has 2 aromatic rings. The van der Waals surface area contributed by atoms with Gasteiger partial charge in [0.1, 0.15) is 0 Å². The zero-order chi connectivity index (χ0) is 14.2. The molecule has 0 spiro atoms. The van der Waals surface area contributed by atoms with E-state index in [9.17, 15) is 0 Å². The number of aryl methyl sites for hydroxylation is 2. The molecule has 1 heterocycles. The minimum Gasteiger partial charge on any atom is -0.381 e. The lowest BCUT2D eigenvalue weighted by Crippen LogP contribution is -2.21. The van der Waals surface area contributed by atoms with Gasteiger partial charge in [-0.1, -0.05) is 6.07 Å². The van der Waals surface area contributed by atoms with E-state index in [-0.39, 0.29) is 5.54 Å². The van der Waals surface area contributed by atoms with E-state index in [2.05, 4.69) is 55.6 Å². The number of rotatable bonds is 3. The van der Waals surface area contributed by atoms with Gasteiger partial charge in [0.2, 0.25) is 0 Å². The van der Waals surface area contributed by atoms with Crippen LogP contribution in [-0.4, -0.2) is 9.78 Å². The summed E-state index contributed by atoms with van der Waals surface area (Å²) >= 11 is 0. The van der Waals surface area contributed by atoms with E-state index < -0.39 is 0 Å². The lowest BCUT2D eigenvalue weighted by Gasteiger charge is -2.18. The molecule has 106 valence electrons. The maximum Gasteiger partial charge on any atom is 0.0543 e. The van der Waals surface area contributed by atoms with Crippen molar-refractivity contribution >= 4 is 5.69 Å². The van der Waals surface area contributed by atoms with Crippen LogP contribution in [0.2, 0.25) is 0 Å². The molecule has 0 unspecified atom stereocenters. The van der Waals surface area contributed by atoms with Crippen molar-refractivity contribution in [3.8, 4) is 0 Å². The molecular formula is C17H23N3. The molecule has 1 aromatic heterocycles. The van der Waals surface area contributed by atoms with E-state index in [0.717, 1.165) is 6.54 Å². The van der Waals surface area contributed by atoms with Crippen molar-refractivity contribution in [1.29, 1.82) is 0 Å². The summed E-state index contributed by atoms with van der Waals surface area (Å²) < 4.78 is 2.02. The van der Waals surface area contributed by atoms with E-state index in [1.54, 1.807) is 0 Å². The molecule has 1 N–H and O–H groups in total. The Balaban J connectivity index is 1.66. The fraction of sp³-hybridized carbons (Fsp3) is 0.471. The van der Waals surface area contributed by atoms with Crippen molar-refractivity contribution in [2.24, 2.45) is 0 Å². The monoisotopic (exact) mass is 269 g/mol. The predicted molar refractivity (Wildman–Crippen MR) is 83.0 cm³/mol. The summed E-state index contributed by atoms with van der Waals surface area (Å²) in [5.74, 6) is 0. The van der Waals surface area contributed by atoms with Gasteiger partial charge < -0.3 is 5.32 Å². The Morgan fingerprint density at radius 1 is 1.20 bits per heavy atom. The first-order valence-electron chi connectivity index (χ1n) is 7.42. The maximum absolute atomic E-state index is 4.43. The summed E-state index contributed by atoms with van der Waals surface area (Å²) in [5.41, 5.74) is 5.53. The smallest absolute Gasteiger partial charge is 0.0543 e. The van der Waals surface area contributed by atoms with Crippen LogP contribution < -0.4 is 5.32 Å². The SMILES string of the molecule is CC(C)(C)n1cc(CNc2ccc3c(c2)CCC3)cn1. The number of fused-ring (bicyclic) bond motifs is 1. The molecular weight excluding hydrogens is 246 g/mol. The van der Waals surface area contributed by atoms with Crippen LogP contribution in [0.25, 0.3) is 0 Å². The molecule has 3 heteroatoms. The van der Waals surface area contributed by atoms with Crippen molar-refractivity contribution in [3.05, 3.63) is 47.3 Å². The van der Waals surface area contributed by atoms with Gasteiger partial charge in [-0.15, -0.1) is 0 Å². The number of aromatic nitrogens is 2. The van der Waals surface area contributed by atoms with Crippen molar-refractivity contribution in [2.75, 3.05) is 5.32 Å². The standard InChI is InChI=1S/C17H23N3/c1-17(2,3)20-12-13(11-19-20)10-18-16-8-7-14-5-4-6-15(14)9-16/h7-9,11-12,18H,4-6,10H2,1-3H3. The average molecular weight is 269 g/mol. The van der Waals surface area contributed by atoms with Gasteiger partial charge in [-0.05, 0) is 63.3 Å². The van der Waals surface area contributed by atoms with Crippen LogP contribution in [0.4, 0.5) is 5.69 Å². The predicted octanol–water partition coefficient (Wildman–Crippen LogP) is 3.74. The highest BCUT2D eigenvalue weighted by Gasteiger charge is 2.14. The van der Waals surface area contributed by atoms with Gasteiger partial charge >= 0.3 is 0 Å². The second kappa shape index (κ2) is 4.97. The molecule has 0 bridgehead atoms. The minimum atomic E-state index is 0.0474. The van der Waals surface area contributed by atoms with Gasteiger partial charge in [0.25, 0.3) is 0 Å². The summed E-state index contributed by atoms with van der Waals surface area (Å²) in [6.07, 6.45) is 7.85. The van der Waals surface area contributed by atoms with Crippen LogP contribution in [0, 0.1) is 0 Å². The molecule has 3 nitrogen and oxygen atoms in total. The summed E-state index contributed by atoms with van der Waals surface area (Å²) in [6, 6.07) is 6.76. The minimum absolute atomic E-state index is 0.0474. The Morgan fingerprint density at radius 2 is 2.00 bits per heavy atom. The molecule has 0 fully saturated rings. The van der Waals surface area contributed by atoms with Crippen LogP contribution in [0.3, 0.4) is 0 Å². The summed E-state index contributed by atoms with van der Waals surface area (Å²) in [5, 5.41) is 7.94. The Bertz CT molecular complexity index is 605. The van der Waals surface area contributed by atoms with Gasteiger partial charge in [0.05, 0.1) is 11.7 Å². The Labute approximate surface area is 121 Å². The Morgan fingerprint density at radius 3 is 2.75 bits per heavy atom. The maximum atomic E-state index is 4.43. The van der Waals surface area contributed by atoms with Crippen molar-refractivity contribution in [2.45, 2.75) is 52.1 Å². The van der Waals surface area contributed by atoms with Gasteiger partial charge in [-0.3, -0.25) is 4.68 Å². The molecule has 3 rings (SSSR count). The van der Waals surface area contributed by atoms with E-state index in [4.69, 9.17) is 0 Å². The zero-order valence-electron chi connectivity index (χ0n) is 12.6. The molecule has 0 atom stereocenters. The van der Waals surface area contributed by atoms with Crippen LogP contribution in [0.1, 0.15) is 43.9 Å². The highest BCUT2D eigenvalue weighted by molar-refractivity contribution is 5.50. The molecule has 0 aliphatic heterocycles. The van der Waals surface area contributed by atoms with Crippen LogP contribution >= 0.6 is 0 Å². The number of hydrogen-bond acceptors (Lipinski definition) is 2. The molecule has 1 aromatic carbocycles. The summed E-state index contributed by atoms with van der Waals surface area (Å²) in [6.45, 7) is 7.32. The molecule has 0 amide bonds. The number of hydrogen-bond donors (Lipinski definition) is 1. The van der Waals surface area contributed by atoms with Crippen molar-refractivity contribution in [1.82, 2.24) is 9.78 Å². The molecule has 0 radical (unpaired) electrons. The van der Waals surface area contributed by atoms with Gasteiger partial charge in [0, 0.05) is 24.0 Å². The number of anilines is 1. The second-order valence-electron chi connectivity index (χ2n) is 6.65. The topological polar surface area (TPSA) is 29.9 Å². The molecule has 0 saturated carbocycles.